The Bertz CT molecular complexity index is 3160. The number of anilines is 3. The zero-order chi connectivity index (χ0) is 43.9. The van der Waals surface area contributed by atoms with Gasteiger partial charge in [0.1, 0.15) is 0 Å². The van der Waals surface area contributed by atoms with Crippen LogP contribution in [0.5, 0.6) is 0 Å². The first kappa shape index (κ1) is 40.7. The van der Waals surface area contributed by atoms with Crippen LogP contribution < -0.4 is 4.90 Å². The number of aromatic nitrogens is 1. The van der Waals surface area contributed by atoms with Gasteiger partial charge < -0.3 is 9.47 Å². The molecule has 2 aliphatic carbocycles. The van der Waals surface area contributed by atoms with Gasteiger partial charge >= 0.3 is 0 Å². The number of unbranched alkanes of at least 4 members (excludes halogenated alkanes) is 3. The van der Waals surface area contributed by atoms with Gasteiger partial charge in [0.25, 0.3) is 0 Å². The topological polar surface area (TPSA) is 8.17 Å². The first-order valence-electron chi connectivity index (χ1n) is 22.9. The molecule has 0 saturated heterocycles. The van der Waals surface area contributed by atoms with E-state index in [0.29, 0.717) is 0 Å². The smallest absolute Gasteiger partial charge is 0.0541 e. The molecular formula is C60H52Cl2N2. The number of hydrogen-bond acceptors (Lipinski definition) is 1. The Morgan fingerprint density at radius 1 is 0.453 bits per heavy atom. The van der Waals surface area contributed by atoms with Gasteiger partial charge in [0, 0.05) is 54.4 Å². The van der Waals surface area contributed by atoms with E-state index in [1.165, 1.54) is 114 Å². The van der Waals surface area contributed by atoms with Crippen molar-refractivity contribution >= 4 is 62.1 Å². The Hall–Kier alpha value is -6.06. The second-order valence-electron chi connectivity index (χ2n) is 19.0. The molecule has 0 unspecified atom stereocenters. The third kappa shape index (κ3) is 6.60. The Kier molecular flexibility index (Phi) is 9.91. The van der Waals surface area contributed by atoms with Crippen LogP contribution in [0, 0.1) is 0 Å². The zero-order valence-corrected chi connectivity index (χ0v) is 38.8. The molecule has 0 fully saturated rings. The third-order valence-electron chi connectivity index (χ3n) is 14.4. The van der Waals surface area contributed by atoms with Crippen LogP contribution in [0.4, 0.5) is 17.1 Å². The Labute approximate surface area is 387 Å². The summed E-state index contributed by atoms with van der Waals surface area (Å²) in [7, 11) is 0. The summed E-state index contributed by atoms with van der Waals surface area (Å²) in [4.78, 5) is 2.43. The maximum absolute atomic E-state index is 6.59. The minimum absolute atomic E-state index is 0.207. The van der Waals surface area contributed by atoms with Crippen LogP contribution in [0.1, 0.15) is 88.1 Å². The average molecular weight is 872 g/mol. The molecule has 0 spiro atoms. The number of rotatable bonds is 10. The van der Waals surface area contributed by atoms with E-state index >= 15 is 0 Å². The molecule has 11 rings (SSSR count). The molecule has 316 valence electrons. The molecule has 2 aliphatic rings. The highest BCUT2D eigenvalue weighted by molar-refractivity contribution is 6.31. The largest absolute Gasteiger partial charge is 0.310 e. The van der Waals surface area contributed by atoms with Crippen molar-refractivity contribution in [1.82, 2.24) is 4.57 Å². The average Bonchev–Trinajstić information content (AvgIpc) is 3.84. The van der Waals surface area contributed by atoms with Crippen molar-refractivity contribution in [1.29, 1.82) is 0 Å². The highest BCUT2D eigenvalue weighted by atomic mass is 35.5. The van der Waals surface area contributed by atoms with Crippen molar-refractivity contribution in [2.75, 3.05) is 4.90 Å². The summed E-state index contributed by atoms with van der Waals surface area (Å²) in [6.45, 7) is 11.5. The number of fused-ring (bicyclic) bond motifs is 9. The highest BCUT2D eigenvalue weighted by Crippen LogP contribution is 2.54. The molecule has 8 aromatic carbocycles. The molecule has 2 nitrogen and oxygen atoms in total. The standard InChI is InChI=1S/C60H52Cl2N2/c1-6-7-8-9-12-38-15-22-44(23-16-38)64-57-14-11-10-13-51(57)52-33-40(19-32-58(52)64)39-17-24-43(25-18-39)63(45-26-30-49-47-28-20-41(61)34-53(47)59(2,3)55(49)36-45)46-27-31-50-48-29-21-42(62)35-54(48)60(4,5)56(50)37-46/h10-11,13-37H,6-9,12H2,1-5H3. The van der Waals surface area contributed by atoms with E-state index < -0.39 is 0 Å². The van der Waals surface area contributed by atoms with E-state index in [1.54, 1.807) is 0 Å². The summed E-state index contributed by atoms with van der Waals surface area (Å²) in [5, 5.41) is 4.06. The maximum Gasteiger partial charge on any atom is 0.0541 e. The van der Waals surface area contributed by atoms with Gasteiger partial charge in [0.05, 0.1) is 11.0 Å². The maximum atomic E-state index is 6.59. The van der Waals surface area contributed by atoms with Gasteiger partial charge in [-0.3, -0.25) is 0 Å². The number of hydrogen-bond donors (Lipinski definition) is 0. The number of para-hydroxylation sites is 1. The van der Waals surface area contributed by atoms with Gasteiger partial charge in [-0.1, -0.05) is 150 Å². The molecule has 0 aliphatic heterocycles. The van der Waals surface area contributed by atoms with E-state index in [1.807, 2.05) is 12.1 Å². The summed E-state index contributed by atoms with van der Waals surface area (Å²) in [5.41, 5.74) is 20.6. The molecule has 0 atom stereocenters. The predicted octanol–water partition coefficient (Wildman–Crippen LogP) is 18.0. The van der Waals surface area contributed by atoms with Crippen LogP contribution in [-0.4, -0.2) is 4.57 Å². The fourth-order valence-electron chi connectivity index (χ4n) is 10.9. The SMILES string of the molecule is CCCCCCc1ccc(-n2c3ccccc3c3cc(-c4ccc(N(c5ccc6c(c5)C(C)(C)c5cc(Cl)ccc5-6)c5ccc6c(c5)C(C)(C)c5cc(Cl)ccc5-6)cc4)ccc32)cc1. The monoisotopic (exact) mass is 870 g/mol. The van der Waals surface area contributed by atoms with E-state index in [4.69, 9.17) is 23.2 Å². The Morgan fingerprint density at radius 3 is 1.56 bits per heavy atom. The van der Waals surface area contributed by atoms with Crippen molar-refractivity contribution in [3.63, 3.8) is 0 Å². The fraction of sp³-hybridized carbons (Fsp3) is 0.200. The zero-order valence-electron chi connectivity index (χ0n) is 37.3. The quantitative estimate of drug-likeness (QED) is 0.124. The van der Waals surface area contributed by atoms with E-state index in [-0.39, 0.29) is 10.8 Å². The van der Waals surface area contributed by atoms with Crippen LogP contribution in [0.25, 0.3) is 60.9 Å². The molecule has 9 aromatic rings. The van der Waals surface area contributed by atoms with Crippen LogP contribution in [0.15, 0.2) is 164 Å². The highest BCUT2D eigenvalue weighted by Gasteiger charge is 2.38. The van der Waals surface area contributed by atoms with Gasteiger partial charge in [-0.2, -0.15) is 0 Å². The van der Waals surface area contributed by atoms with E-state index in [0.717, 1.165) is 33.5 Å². The molecule has 1 aromatic heterocycles. The molecule has 64 heavy (non-hydrogen) atoms. The lowest BCUT2D eigenvalue weighted by Gasteiger charge is -2.30. The van der Waals surface area contributed by atoms with Gasteiger partial charge in [0.15, 0.2) is 0 Å². The number of halogens is 2. The van der Waals surface area contributed by atoms with Crippen molar-refractivity contribution in [3.8, 4) is 39.1 Å². The van der Waals surface area contributed by atoms with Crippen LogP contribution in [0.2, 0.25) is 10.0 Å². The van der Waals surface area contributed by atoms with E-state index in [9.17, 15) is 0 Å². The van der Waals surface area contributed by atoms with Crippen LogP contribution in [0.3, 0.4) is 0 Å². The van der Waals surface area contributed by atoms with E-state index in [2.05, 4.69) is 196 Å². The second-order valence-corrected chi connectivity index (χ2v) is 19.9. The van der Waals surface area contributed by atoms with Gasteiger partial charge in [-0.15, -0.1) is 0 Å². The summed E-state index contributed by atoms with van der Waals surface area (Å²) < 4.78 is 2.42. The fourth-order valence-corrected chi connectivity index (χ4v) is 11.3. The normalized spacial score (nSPS) is 14.1. The minimum Gasteiger partial charge on any atom is -0.310 e. The molecular weight excluding hydrogens is 820 g/mol. The summed E-state index contributed by atoms with van der Waals surface area (Å²) in [5.74, 6) is 0. The minimum atomic E-state index is -0.207. The first-order chi connectivity index (χ1) is 31.0. The van der Waals surface area contributed by atoms with Crippen molar-refractivity contribution in [2.24, 2.45) is 0 Å². The lowest BCUT2D eigenvalue weighted by atomic mass is 9.82. The molecule has 0 N–H and O–H groups in total. The molecule has 1 heterocycles. The molecule has 0 radical (unpaired) electrons. The number of aryl methyl sites for hydroxylation is 1. The molecule has 4 heteroatoms. The van der Waals surface area contributed by atoms with Gasteiger partial charge in [0.2, 0.25) is 0 Å². The molecule has 0 amide bonds. The Balaban J connectivity index is 0.988. The third-order valence-corrected chi connectivity index (χ3v) is 14.9. The molecule has 0 saturated carbocycles. The van der Waals surface area contributed by atoms with Crippen molar-refractivity contribution < 1.29 is 0 Å². The van der Waals surface area contributed by atoms with Crippen molar-refractivity contribution in [3.05, 3.63) is 202 Å². The summed E-state index contributed by atoms with van der Waals surface area (Å²) >= 11 is 13.2. The lowest BCUT2D eigenvalue weighted by Crippen LogP contribution is -2.18. The van der Waals surface area contributed by atoms with Crippen LogP contribution in [-0.2, 0) is 17.3 Å². The number of benzene rings is 8. The summed E-state index contributed by atoms with van der Waals surface area (Å²) in [6, 6.07) is 60.8. The van der Waals surface area contributed by atoms with Crippen LogP contribution >= 0.6 is 23.2 Å². The second kappa shape index (κ2) is 15.6. The van der Waals surface area contributed by atoms with Gasteiger partial charge in [-0.05, 0) is 165 Å². The van der Waals surface area contributed by atoms with Crippen molar-refractivity contribution in [2.45, 2.75) is 77.6 Å². The lowest BCUT2D eigenvalue weighted by molar-refractivity contribution is 0.660. The van der Waals surface area contributed by atoms with Gasteiger partial charge in [-0.25, -0.2) is 0 Å². The summed E-state index contributed by atoms with van der Waals surface area (Å²) in [6.07, 6.45) is 6.26. The number of nitrogens with zero attached hydrogens (tertiary/aromatic N) is 2. The molecule has 0 bridgehead atoms. The Morgan fingerprint density at radius 2 is 0.969 bits per heavy atom. The first-order valence-corrected chi connectivity index (χ1v) is 23.7. The predicted molar refractivity (Wildman–Crippen MR) is 274 cm³/mol.